The number of esters is 2. The lowest BCUT2D eigenvalue weighted by molar-refractivity contribution is -0.161. The second-order valence-electron chi connectivity index (χ2n) is 14.5. The number of aliphatic carboxylic acids is 1. The van der Waals surface area contributed by atoms with Gasteiger partial charge in [0, 0.05) is 12.8 Å². The largest absolute Gasteiger partial charge is 0.480 e. The number of carboxylic acids is 1. The molecular weight excluding hydrogens is 838 g/mol. The number of unbranched alkanes of at least 4 members (excludes halogenated alkanes) is 3. The topological polar surface area (TPSA) is 212 Å². The fourth-order valence-electron chi connectivity index (χ4n) is 5.01. The zero-order valence-electron chi connectivity index (χ0n) is 38.0. The molecule has 0 bridgehead atoms. The molecule has 0 saturated heterocycles. The average Bonchev–Trinajstić information content (AvgIpc) is 3.26. The van der Waals surface area contributed by atoms with E-state index in [1.54, 1.807) is 42.5 Å². The van der Waals surface area contributed by atoms with Gasteiger partial charge in [0.05, 0.1) is 25.4 Å². The van der Waals surface area contributed by atoms with Gasteiger partial charge in [-0.1, -0.05) is 160 Å². The summed E-state index contributed by atoms with van der Waals surface area (Å²) in [6, 6.07) is -1.57. The zero-order valence-corrected chi connectivity index (χ0v) is 38.9. The Hall–Kier alpha value is -4.46. The van der Waals surface area contributed by atoms with E-state index in [4.69, 9.17) is 24.8 Å². The summed E-state index contributed by atoms with van der Waals surface area (Å²) < 4.78 is 32.5. The smallest absolute Gasteiger partial charge is 0.472 e. The molecule has 0 aliphatic heterocycles. The molecule has 0 aromatic rings. The Labute approximate surface area is 382 Å². The Morgan fingerprint density at radius 3 is 1.53 bits per heavy atom. The molecule has 13 nitrogen and oxygen atoms in total. The molecule has 358 valence electrons. The molecule has 0 aliphatic rings. The molecule has 0 aromatic carbocycles. The lowest BCUT2D eigenvalue weighted by atomic mass is 10.2. The second-order valence-corrected chi connectivity index (χ2v) is 15.9. The number of aliphatic hydroxyl groups excluding tert-OH is 2. The van der Waals surface area contributed by atoms with Crippen LogP contribution in [-0.2, 0) is 37.5 Å². The molecule has 0 rings (SSSR count). The molecule has 64 heavy (non-hydrogen) atoms. The van der Waals surface area contributed by atoms with Crippen LogP contribution in [0, 0.1) is 0 Å². The number of carbonyl (C=O) groups is 3. The minimum Gasteiger partial charge on any atom is -0.480 e. The molecule has 6 N–H and O–H groups in total. The van der Waals surface area contributed by atoms with Crippen molar-refractivity contribution in [1.29, 1.82) is 0 Å². The normalized spacial score (nSPS) is 15.8. The Bertz CT molecular complexity index is 1620. The standard InChI is InChI=1S/C50H76NO12P/c1-3-5-7-8-9-10-11-12-13-14-15-16-17-18-19-20-21-26-34-40-49(55)63-46(42-61-64(58,59)62-43-47(51)50(56)57)41-60-48(54)39-33-25-23-22-24-30-36-45(53)38-32-28-27-31-37-44(52)35-29-6-4-2/h6,9-10,12-13,15-16,18-19,21,23-32,37-38,44-47,52-53H,3-5,7-8,11,14,17,20,22,33-36,39-43,51H2,1-2H3,(H,56,57)(H,58,59)/b10-9-,13-12-,16-15-,19-18-,25-23-,26-21-,28-27-,29-6-,30-24-,37-31+,38-32+/t44-,45+,46-,47+/m1/s1. The van der Waals surface area contributed by atoms with Gasteiger partial charge in [-0.25, -0.2) is 4.57 Å². The van der Waals surface area contributed by atoms with Gasteiger partial charge < -0.3 is 35.4 Å². The maximum absolute atomic E-state index is 12.6. The van der Waals surface area contributed by atoms with Gasteiger partial charge >= 0.3 is 25.7 Å². The van der Waals surface area contributed by atoms with Crippen LogP contribution in [0.2, 0.25) is 0 Å². The molecule has 0 amide bonds. The highest BCUT2D eigenvalue weighted by molar-refractivity contribution is 7.47. The fraction of sp³-hybridized carbons (Fsp3) is 0.500. The molecule has 0 fully saturated rings. The van der Waals surface area contributed by atoms with E-state index >= 15 is 0 Å². The van der Waals surface area contributed by atoms with Crippen molar-refractivity contribution in [2.24, 2.45) is 5.73 Å². The Balaban J connectivity index is 4.72. The summed E-state index contributed by atoms with van der Waals surface area (Å²) in [6.45, 7) is 2.30. The van der Waals surface area contributed by atoms with Gasteiger partial charge in [0.25, 0.3) is 0 Å². The van der Waals surface area contributed by atoms with Crippen LogP contribution in [0.1, 0.15) is 117 Å². The van der Waals surface area contributed by atoms with E-state index in [2.05, 4.69) is 54.0 Å². The van der Waals surface area contributed by atoms with Gasteiger partial charge in [-0.3, -0.25) is 23.4 Å². The molecule has 1 unspecified atom stereocenters. The van der Waals surface area contributed by atoms with Crippen LogP contribution in [0.15, 0.2) is 134 Å². The number of hydrogen-bond acceptors (Lipinski definition) is 11. The molecule has 0 spiro atoms. The van der Waals surface area contributed by atoms with Gasteiger partial charge in [-0.05, 0) is 77.0 Å². The highest BCUT2D eigenvalue weighted by Crippen LogP contribution is 2.43. The van der Waals surface area contributed by atoms with E-state index in [0.29, 0.717) is 38.5 Å². The predicted molar refractivity (Wildman–Crippen MR) is 256 cm³/mol. The highest BCUT2D eigenvalue weighted by Gasteiger charge is 2.28. The summed E-state index contributed by atoms with van der Waals surface area (Å²) >= 11 is 0. The quantitative estimate of drug-likeness (QED) is 0.0128. The maximum Gasteiger partial charge on any atom is 0.472 e. The molecule has 5 atom stereocenters. The minimum atomic E-state index is -4.79. The third-order valence-electron chi connectivity index (χ3n) is 8.58. The summed E-state index contributed by atoms with van der Waals surface area (Å²) in [5.74, 6) is -2.70. The lowest BCUT2D eigenvalue weighted by Gasteiger charge is -2.20. The van der Waals surface area contributed by atoms with Crippen LogP contribution < -0.4 is 5.73 Å². The van der Waals surface area contributed by atoms with Crippen molar-refractivity contribution in [2.45, 2.75) is 141 Å². The van der Waals surface area contributed by atoms with Crippen LogP contribution in [0.4, 0.5) is 0 Å². The molecule has 0 aromatic heterocycles. The minimum absolute atomic E-state index is 0.00930. The molecule has 0 saturated carbocycles. The number of carbonyl (C=O) groups excluding carboxylic acids is 2. The number of hydrogen-bond donors (Lipinski definition) is 5. The first-order valence-electron chi connectivity index (χ1n) is 22.4. The number of phosphoric acid groups is 1. The first-order chi connectivity index (χ1) is 30.9. The molecular formula is C50H76NO12P. The van der Waals surface area contributed by atoms with Crippen molar-refractivity contribution in [1.82, 2.24) is 0 Å². The number of allylic oxidation sites excluding steroid dienone is 18. The van der Waals surface area contributed by atoms with Gasteiger partial charge in [0.2, 0.25) is 0 Å². The Morgan fingerprint density at radius 2 is 1.03 bits per heavy atom. The van der Waals surface area contributed by atoms with Crippen molar-refractivity contribution >= 4 is 25.7 Å². The van der Waals surface area contributed by atoms with Crippen LogP contribution in [0.5, 0.6) is 0 Å². The van der Waals surface area contributed by atoms with Crippen molar-refractivity contribution < 1.29 is 57.7 Å². The second kappa shape index (κ2) is 42.5. The van der Waals surface area contributed by atoms with Crippen LogP contribution in [-0.4, -0.2) is 82.3 Å². The van der Waals surface area contributed by atoms with Gasteiger partial charge in [-0.2, -0.15) is 0 Å². The van der Waals surface area contributed by atoms with Gasteiger partial charge in [-0.15, -0.1) is 0 Å². The van der Waals surface area contributed by atoms with Gasteiger partial charge in [0.15, 0.2) is 6.10 Å². The third-order valence-corrected chi connectivity index (χ3v) is 9.53. The van der Waals surface area contributed by atoms with Crippen molar-refractivity contribution in [3.05, 3.63) is 134 Å². The third kappa shape index (κ3) is 41.5. The Morgan fingerprint density at radius 1 is 0.578 bits per heavy atom. The number of rotatable bonds is 39. The van der Waals surface area contributed by atoms with Crippen molar-refractivity contribution in [3.63, 3.8) is 0 Å². The van der Waals surface area contributed by atoms with E-state index in [-0.39, 0.29) is 12.8 Å². The van der Waals surface area contributed by atoms with Crippen LogP contribution >= 0.6 is 7.82 Å². The number of aliphatic hydroxyl groups is 2. The van der Waals surface area contributed by atoms with E-state index in [1.807, 2.05) is 55.5 Å². The molecule has 0 radical (unpaired) electrons. The highest BCUT2D eigenvalue weighted by atomic mass is 31.2. The SMILES string of the molecule is CC/C=C\C[C@@H](O)/C=C/C=C\C=C\[C@@H](O)C/C=C\C/C=C\CCC(=O)OC[C@H](COP(=O)(O)OC[C@H](N)C(=O)O)OC(=O)CC/C=C\C/C=C\C/C=C\C/C=C\C/C=C\CCCCC. The summed E-state index contributed by atoms with van der Waals surface area (Å²) in [4.78, 5) is 46.0. The first kappa shape index (κ1) is 59.5. The first-order valence-corrected chi connectivity index (χ1v) is 23.9. The van der Waals surface area contributed by atoms with E-state index < -0.39 is 69.9 Å². The maximum atomic E-state index is 12.6. The Kier molecular flexibility index (Phi) is 39.5. The fourth-order valence-corrected chi connectivity index (χ4v) is 5.79. The van der Waals surface area contributed by atoms with Crippen molar-refractivity contribution in [2.75, 3.05) is 19.8 Å². The zero-order chi connectivity index (χ0) is 47.4. The number of phosphoric ester groups is 1. The summed E-state index contributed by atoms with van der Waals surface area (Å²) in [7, 11) is -4.79. The number of nitrogens with two attached hydrogens (primary N) is 1. The lowest BCUT2D eigenvalue weighted by Crippen LogP contribution is -2.34. The number of carboxylic acid groups (broad SMARTS) is 1. The van der Waals surface area contributed by atoms with Crippen LogP contribution in [0.3, 0.4) is 0 Å². The van der Waals surface area contributed by atoms with Gasteiger partial charge in [0.1, 0.15) is 12.6 Å². The van der Waals surface area contributed by atoms with Crippen molar-refractivity contribution in [3.8, 4) is 0 Å². The number of ether oxygens (including phenoxy) is 2. The van der Waals surface area contributed by atoms with E-state index in [0.717, 1.165) is 32.1 Å². The monoisotopic (exact) mass is 914 g/mol. The predicted octanol–water partition coefficient (Wildman–Crippen LogP) is 10.1. The molecule has 0 heterocycles. The summed E-state index contributed by atoms with van der Waals surface area (Å²) in [5, 5.41) is 28.9. The van der Waals surface area contributed by atoms with E-state index in [1.165, 1.54) is 19.3 Å². The molecule has 0 aliphatic carbocycles. The average molecular weight is 914 g/mol. The summed E-state index contributed by atoms with van der Waals surface area (Å²) in [5.41, 5.74) is 5.32. The van der Waals surface area contributed by atoms with E-state index in [9.17, 15) is 34.1 Å². The molecule has 14 heteroatoms. The summed E-state index contributed by atoms with van der Waals surface area (Å²) in [6.07, 6.45) is 51.8. The van der Waals surface area contributed by atoms with Crippen LogP contribution in [0.25, 0.3) is 0 Å².